The third-order valence-electron chi connectivity index (χ3n) is 6.42. The average Bonchev–Trinajstić information content (AvgIpc) is 3.25. The second kappa shape index (κ2) is 10.7. The number of rotatable bonds is 7. The van der Waals surface area contributed by atoms with Crippen LogP contribution in [0.2, 0.25) is 5.02 Å². The quantitative estimate of drug-likeness (QED) is 0.562. The lowest BCUT2D eigenvalue weighted by Gasteiger charge is -2.46. The molecule has 2 fully saturated rings. The number of H-pyrrole nitrogens is 1. The lowest BCUT2D eigenvalue weighted by atomic mass is 9.96. The highest BCUT2D eigenvalue weighted by atomic mass is 35.5. The molecule has 0 aliphatic carbocycles. The SMILES string of the molecule is CC(C)CNC(=O)C1CN(C2CCN(c3nnc(N)[nH]3)CC2)C(Cc2ccc(Cl)cc2)CO1. The van der Waals surface area contributed by atoms with Gasteiger partial charge in [0.25, 0.3) is 0 Å². The van der Waals surface area contributed by atoms with E-state index in [1.165, 1.54) is 5.56 Å². The van der Waals surface area contributed by atoms with Crippen molar-refractivity contribution >= 4 is 29.4 Å². The molecule has 0 spiro atoms. The number of hydrogen-bond acceptors (Lipinski definition) is 7. The number of carbonyl (C=O) groups is 1. The van der Waals surface area contributed by atoms with Crippen LogP contribution in [0.4, 0.5) is 11.9 Å². The average molecular weight is 476 g/mol. The smallest absolute Gasteiger partial charge is 0.250 e. The summed E-state index contributed by atoms with van der Waals surface area (Å²) in [5.74, 6) is 1.43. The number of benzene rings is 1. The monoisotopic (exact) mass is 475 g/mol. The normalized spacial score (nSPS) is 22.6. The Morgan fingerprint density at radius 1 is 1.27 bits per heavy atom. The van der Waals surface area contributed by atoms with Crippen LogP contribution in [0.15, 0.2) is 24.3 Å². The lowest BCUT2D eigenvalue weighted by molar-refractivity contribution is -0.145. The zero-order chi connectivity index (χ0) is 23.4. The first-order chi connectivity index (χ1) is 15.9. The molecular formula is C23H34ClN7O2. The molecule has 9 nitrogen and oxygen atoms in total. The number of aromatic nitrogens is 3. The molecule has 1 aromatic carbocycles. The Labute approximate surface area is 200 Å². The van der Waals surface area contributed by atoms with E-state index in [4.69, 9.17) is 22.1 Å². The molecule has 2 atom stereocenters. The van der Waals surface area contributed by atoms with Crippen molar-refractivity contribution in [1.29, 1.82) is 0 Å². The molecule has 1 aromatic heterocycles. The lowest BCUT2D eigenvalue weighted by Crippen LogP contribution is -2.60. The molecule has 10 heteroatoms. The van der Waals surface area contributed by atoms with Crippen molar-refractivity contribution in [3.63, 3.8) is 0 Å². The summed E-state index contributed by atoms with van der Waals surface area (Å²) in [6, 6.07) is 8.56. The van der Waals surface area contributed by atoms with Gasteiger partial charge < -0.3 is 20.7 Å². The molecule has 0 saturated carbocycles. The first kappa shape index (κ1) is 23.8. The number of amides is 1. The number of nitrogens with zero attached hydrogens (tertiary/aromatic N) is 4. The second-order valence-electron chi connectivity index (χ2n) is 9.39. The number of nitrogens with two attached hydrogens (primary N) is 1. The fourth-order valence-electron chi connectivity index (χ4n) is 4.63. The van der Waals surface area contributed by atoms with Crippen molar-refractivity contribution in [2.75, 3.05) is 43.4 Å². The number of hydrogen-bond donors (Lipinski definition) is 3. The minimum Gasteiger partial charge on any atom is -0.368 e. The van der Waals surface area contributed by atoms with Crippen molar-refractivity contribution in [3.8, 4) is 0 Å². The first-order valence-electron chi connectivity index (χ1n) is 11.7. The van der Waals surface area contributed by atoms with Crippen molar-refractivity contribution in [2.24, 2.45) is 5.92 Å². The minimum absolute atomic E-state index is 0.0202. The topological polar surface area (TPSA) is 112 Å². The molecular weight excluding hydrogens is 442 g/mol. The Bertz CT molecular complexity index is 912. The summed E-state index contributed by atoms with van der Waals surface area (Å²) in [5, 5.41) is 11.8. The molecule has 2 aliphatic rings. The van der Waals surface area contributed by atoms with Crippen LogP contribution >= 0.6 is 11.6 Å². The van der Waals surface area contributed by atoms with E-state index in [-0.39, 0.29) is 11.9 Å². The molecule has 4 N–H and O–H groups in total. The van der Waals surface area contributed by atoms with Crippen molar-refractivity contribution < 1.29 is 9.53 Å². The van der Waals surface area contributed by atoms with Gasteiger partial charge in [-0.3, -0.25) is 14.7 Å². The van der Waals surface area contributed by atoms with E-state index in [0.717, 1.165) is 43.3 Å². The van der Waals surface area contributed by atoms with Gasteiger partial charge in [-0.1, -0.05) is 37.6 Å². The van der Waals surface area contributed by atoms with Crippen molar-refractivity contribution in [3.05, 3.63) is 34.9 Å². The number of halogens is 1. The highest BCUT2D eigenvalue weighted by Gasteiger charge is 2.38. The number of ether oxygens (including phenoxy) is 1. The van der Waals surface area contributed by atoms with Gasteiger partial charge in [0.2, 0.25) is 17.8 Å². The number of aromatic amines is 1. The molecule has 2 saturated heterocycles. The highest BCUT2D eigenvalue weighted by molar-refractivity contribution is 6.30. The van der Waals surface area contributed by atoms with Crippen LogP contribution in [0.1, 0.15) is 32.3 Å². The summed E-state index contributed by atoms with van der Waals surface area (Å²) in [5.41, 5.74) is 6.91. The van der Waals surface area contributed by atoms with Gasteiger partial charge >= 0.3 is 0 Å². The summed E-state index contributed by atoms with van der Waals surface area (Å²) in [6.07, 6.45) is 2.35. The summed E-state index contributed by atoms with van der Waals surface area (Å²) < 4.78 is 6.07. The molecule has 4 rings (SSSR count). The van der Waals surface area contributed by atoms with E-state index in [1.807, 2.05) is 12.1 Å². The predicted molar refractivity (Wildman–Crippen MR) is 129 cm³/mol. The van der Waals surface area contributed by atoms with Crippen LogP contribution in [0, 0.1) is 5.92 Å². The van der Waals surface area contributed by atoms with E-state index in [2.05, 4.69) is 56.3 Å². The van der Waals surface area contributed by atoms with Crippen LogP contribution in [0.25, 0.3) is 0 Å². The summed E-state index contributed by atoms with van der Waals surface area (Å²) >= 11 is 6.07. The van der Waals surface area contributed by atoms with Gasteiger partial charge in [-0.25, -0.2) is 0 Å². The van der Waals surface area contributed by atoms with Crippen LogP contribution in [-0.4, -0.2) is 77.0 Å². The van der Waals surface area contributed by atoms with Gasteiger partial charge in [-0.15, -0.1) is 10.2 Å². The minimum atomic E-state index is -0.447. The summed E-state index contributed by atoms with van der Waals surface area (Å²) in [4.78, 5) is 20.4. The van der Waals surface area contributed by atoms with Gasteiger partial charge in [-0.2, -0.15) is 0 Å². The van der Waals surface area contributed by atoms with E-state index in [9.17, 15) is 4.79 Å². The number of piperidine rings is 1. The van der Waals surface area contributed by atoms with Crippen molar-refractivity contribution in [2.45, 2.75) is 51.3 Å². The predicted octanol–water partition coefficient (Wildman–Crippen LogP) is 2.09. The van der Waals surface area contributed by atoms with Gasteiger partial charge in [0, 0.05) is 43.3 Å². The third kappa shape index (κ3) is 6.16. The Hall–Kier alpha value is -2.36. The zero-order valence-electron chi connectivity index (χ0n) is 19.3. The summed E-state index contributed by atoms with van der Waals surface area (Å²) in [7, 11) is 0. The van der Waals surface area contributed by atoms with Gasteiger partial charge in [0.15, 0.2) is 0 Å². The van der Waals surface area contributed by atoms with E-state index in [1.54, 1.807) is 0 Å². The fraction of sp³-hybridized carbons (Fsp3) is 0.609. The molecule has 180 valence electrons. The molecule has 1 amide bonds. The molecule has 3 heterocycles. The first-order valence-corrected chi connectivity index (χ1v) is 12.1. The number of morpholine rings is 1. The van der Waals surface area contributed by atoms with Crippen LogP contribution in [0.3, 0.4) is 0 Å². The summed E-state index contributed by atoms with van der Waals surface area (Å²) in [6.45, 7) is 7.68. The van der Waals surface area contributed by atoms with Gasteiger partial charge in [-0.05, 0) is 42.9 Å². The Balaban J connectivity index is 1.44. The zero-order valence-corrected chi connectivity index (χ0v) is 20.1. The van der Waals surface area contributed by atoms with E-state index < -0.39 is 6.10 Å². The van der Waals surface area contributed by atoms with E-state index in [0.29, 0.717) is 37.6 Å². The van der Waals surface area contributed by atoms with Gasteiger partial charge in [0.1, 0.15) is 6.10 Å². The fourth-order valence-corrected chi connectivity index (χ4v) is 4.75. The standard InChI is InChI=1S/C23H34ClN7O2/c1-15(2)12-26-21(32)20-13-31(19(14-33-20)11-16-3-5-17(24)6-4-16)18-7-9-30(10-8-18)23-27-22(25)28-29-23/h3-6,15,18-20H,7-14H2,1-2H3,(H,26,32)(H3,25,27,28,29). The largest absolute Gasteiger partial charge is 0.368 e. The van der Waals surface area contributed by atoms with E-state index >= 15 is 0 Å². The van der Waals surface area contributed by atoms with Gasteiger partial charge in [0.05, 0.1) is 6.61 Å². The number of anilines is 2. The molecule has 2 aliphatic heterocycles. The maximum absolute atomic E-state index is 12.8. The molecule has 33 heavy (non-hydrogen) atoms. The third-order valence-corrected chi connectivity index (χ3v) is 6.67. The number of nitrogens with one attached hydrogen (secondary N) is 2. The molecule has 2 aromatic rings. The maximum atomic E-state index is 12.8. The Morgan fingerprint density at radius 3 is 2.64 bits per heavy atom. The van der Waals surface area contributed by atoms with Crippen LogP contribution in [-0.2, 0) is 16.0 Å². The maximum Gasteiger partial charge on any atom is 0.250 e. The van der Waals surface area contributed by atoms with Crippen molar-refractivity contribution in [1.82, 2.24) is 25.4 Å². The molecule has 0 radical (unpaired) electrons. The number of nitrogen functional groups attached to an aromatic ring is 1. The Kier molecular flexibility index (Phi) is 7.72. The van der Waals surface area contributed by atoms with Crippen LogP contribution in [0.5, 0.6) is 0 Å². The van der Waals surface area contributed by atoms with Crippen LogP contribution < -0.4 is 16.0 Å². The molecule has 0 bridgehead atoms. The number of carbonyl (C=O) groups excluding carboxylic acids is 1. The Morgan fingerprint density at radius 2 is 2.00 bits per heavy atom. The molecule has 2 unspecified atom stereocenters. The second-order valence-corrected chi connectivity index (χ2v) is 9.83. The highest BCUT2D eigenvalue weighted by Crippen LogP contribution is 2.27.